The van der Waals surface area contributed by atoms with Crippen LogP contribution in [0.3, 0.4) is 0 Å². The van der Waals surface area contributed by atoms with Gasteiger partial charge in [0.25, 0.3) is 0 Å². The first-order chi connectivity index (χ1) is 16.1. The van der Waals surface area contributed by atoms with Crippen molar-refractivity contribution in [2.75, 3.05) is 30.8 Å². The Morgan fingerprint density at radius 2 is 1.74 bits per heavy atom. The molecule has 0 saturated carbocycles. The fourth-order valence-corrected chi connectivity index (χ4v) is 4.26. The Kier molecular flexibility index (Phi) is 9.92. The highest BCUT2D eigenvalue weighted by molar-refractivity contribution is 7.92. The summed E-state index contributed by atoms with van der Waals surface area (Å²) in [6.45, 7) is 5.37. The number of nitrogens with one attached hydrogen (secondary N) is 1. The number of sulfonamides is 1. The van der Waals surface area contributed by atoms with Crippen molar-refractivity contribution in [2.24, 2.45) is 0 Å². The number of amides is 2. The van der Waals surface area contributed by atoms with Crippen LogP contribution in [0.1, 0.15) is 32.8 Å². The molecule has 2 rings (SSSR count). The topological polar surface area (TPSA) is 96.0 Å². The summed E-state index contributed by atoms with van der Waals surface area (Å²) in [6, 6.07) is 15.3. The van der Waals surface area contributed by atoms with Crippen LogP contribution in [-0.4, -0.2) is 63.7 Å². The summed E-state index contributed by atoms with van der Waals surface area (Å²) in [4.78, 5) is 27.8. The highest BCUT2D eigenvalue weighted by Crippen LogP contribution is 2.23. The minimum absolute atomic E-state index is 0.0367. The van der Waals surface area contributed by atoms with E-state index in [-0.39, 0.29) is 18.5 Å². The van der Waals surface area contributed by atoms with Gasteiger partial charge in [-0.05, 0) is 44.4 Å². The summed E-state index contributed by atoms with van der Waals surface area (Å²) in [7, 11) is -2.29. The fourth-order valence-electron chi connectivity index (χ4n) is 3.41. The molecule has 0 bridgehead atoms. The fraction of sp³-hybridized carbons (Fsp3) is 0.440. The molecule has 0 aliphatic rings. The maximum Gasteiger partial charge on any atom is 0.244 e. The van der Waals surface area contributed by atoms with Crippen molar-refractivity contribution in [3.05, 3.63) is 60.2 Å². The number of carbonyl (C=O) groups excluding carboxylic acids is 2. The first-order valence-electron chi connectivity index (χ1n) is 11.3. The van der Waals surface area contributed by atoms with Crippen molar-refractivity contribution >= 4 is 27.5 Å². The van der Waals surface area contributed by atoms with Gasteiger partial charge >= 0.3 is 0 Å². The lowest BCUT2D eigenvalue weighted by molar-refractivity contribution is -0.139. The molecule has 0 aliphatic carbocycles. The molecule has 1 N–H and O–H groups in total. The lowest BCUT2D eigenvalue weighted by Gasteiger charge is -2.32. The van der Waals surface area contributed by atoms with Crippen molar-refractivity contribution in [3.8, 4) is 5.75 Å². The van der Waals surface area contributed by atoms with E-state index in [1.54, 1.807) is 31.2 Å². The molecular formula is C25H35N3O5S. The first kappa shape index (κ1) is 27.2. The van der Waals surface area contributed by atoms with Crippen LogP contribution in [-0.2, 0) is 26.0 Å². The number of rotatable bonds is 12. The van der Waals surface area contributed by atoms with Gasteiger partial charge in [-0.3, -0.25) is 13.9 Å². The van der Waals surface area contributed by atoms with Crippen LogP contribution in [0.2, 0.25) is 0 Å². The molecule has 8 nitrogen and oxygen atoms in total. The number of methoxy groups -OCH3 is 1. The van der Waals surface area contributed by atoms with Gasteiger partial charge in [0.15, 0.2) is 0 Å². The van der Waals surface area contributed by atoms with Crippen LogP contribution in [0.25, 0.3) is 0 Å². The van der Waals surface area contributed by atoms with Gasteiger partial charge in [0, 0.05) is 18.7 Å². The molecular weight excluding hydrogens is 454 g/mol. The van der Waals surface area contributed by atoms with Gasteiger partial charge in [0.05, 0.1) is 19.1 Å². The van der Waals surface area contributed by atoms with E-state index in [0.717, 1.165) is 22.5 Å². The van der Waals surface area contributed by atoms with Gasteiger partial charge in [0.1, 0.15) is 18.3 Å². The molecule has 0 fully saturated rings. The molecule has 2 aromatic rings. The Hall–Kier alpha value is -3.07. The summed E-state index contributed by atoms with van der Waals surface area (Å²) in [5, 5.41) is 2.91. The Bertz CT molecular complexity index is 1060. The van der Waals surface area contributed by atoms with E-state index in [1.807, 2.05) is 44.2 Å². The zero-order chi connectivity index (χ0) is 25.3. The van der Waals surface area contributed by atoms with Gasteiger partial charge < -0.3 is 15.0 Å². The van der Waals surface area contributed by atoms with E-state index in [1.165, 1.54) is 12.0 Å². The molecule has 34 heavy (non-hydrogen) atoms. The molecule has 0 saturated heterocycles. The summed E-state index contributed by atoms with van der Waals surface area (Å²) < 4.78 is 31.4. The second kappa shape index (κ2) is 12.4. The number of nitrogens with zero attached hydrogens (tertiary/aromatic N) is 2. The first-order valence-corrected chi connectivity index (χ1v) is 13.2. The molecule has 0 radical (unpaired) electrons. The molecule has 186 valence electrons. The molecule has 9 heteroatoms. The molecule has 0 aromatic heterocycles. The maximum atomic E-state index is 13.5. The lowest BCUT2D eigenvalue weighted by Crippen LogP contribution is -2.53. The van der Waals surface area contributed by atoms with Gasteiger partial charge in [-0.15, -0.1) is 0 Å². The average molecular weight is 490 g/mol. The van der Waals surface area contributed by atoms with E-state index < -0.39 is 28.5 Å². The Labute approximate surface area is 202 Å². The molecule has 0 unspecified atom stereocenters. The largest absolute Gasteiger partial charge is 0.497 e. The third kappa shape index (κ3) is 7.76. The minimum atomic E-state index is -3.78. The zero-order valence-corrected chi connectivity index (χ0v) is 21.3. The minimum Gasteiger partial charge on any atom is -0.497 e. The number of carbonyl (C=O) groups is 2. The number of hydrogen-bond acceptors (Lipinski definition) is 5. The average Bonchev–Trinajstić information content (AvgIpc) is 2.82. The molecule has 2 atom stereocenters. The van der Waals surface area contributed by atoms with Crippen molar-refractivity contribution in [1.29, 1.82) is 0 Å². The van der Waals surface area contributed by atoms with Crippen LogP contribution in [0.15, 0.2) is 54.6 Å². The predicted octanol–water partition coefficient (Wildman–Crippen LogP) is 2.84. The van der Waals surface area contributed by atoms with Gasteiger partial charge in [-0.2, -0.15) is 0 Å². The number of ether oxygens (including phenoxy) is 1. The van der Waals surface area contributed by atoms with Crippen molar-refractivity contribution in [3.63, 3.8) is 0 Å². The van der Waals surface area contributed by atoms with Crippen LogP contribution in [0.4, 0.5) is 5.69 Å². The monoisotopic (exact) mass is 489 g/mol. The third-order valence-electron chi connectivity index (χ3n) is 5.67. The standard InChI is InChI=1S/C25H35N3O5S/c1-6-19(2)26-25(30)20(3)27(16-15-21-11-8-7-9-12-21)24(29)18-28(34(5,31)32)22-13-10-14-23(17-22)33-4/h7-14,17,19-20H,6,15-16,18H2,1-5H3,(H,26,30)/t19-,20+/m1/s1. The second-order valence-electron chi connectivity index (χ2n) is 8.29. The van der Waals surface area contributed by atoms with Gasteiger partial charge in [0.2, 0.25) is 21.8 Å². The van der Waals surface area contributed by atoms with E-state index >= 15 is 0 Å². The van der Waals surface area contributed by atoms with Crippen LogP contribution >= 0.6 is 0 Å². The Morgan fingerprint density at radius 1 is 1.06 bits per heavy atom. The van der Waals surface area contributed by atoms with E-state index in [4.69, 9.17) is 4.74 Å². The Balaban J connectivity index is 2.32. The van der Waals surface area contributed by atoms with E-state index in [9.17, 15) is 18.0 Å². The normalized spacial score (nSPS) is 13.0. The van der Waals surface area contributed by atoms with Crippen molar-refractivity contribution in [2.45, 2.75) is 45.7 Å². The highest BCUT2D eigenvalue weighted by atomic mass is 32.2. The maximum absolute atomic E-state index is 13.5. The summed E-state index contributed by atoms with van der Waals surface area (Å²) in [6.07, 6.45) is 2.34. The molecule has 0 aliphatic heterocycles. The van der Waals surface area contributed by atoms with Gasteiger partial charge in [-0.1, -0.05) is 43.3 Å². The summed E-state index contributed by atoms with van der Waals surface area (Å²) in [5.41, 5.74) is 1.33. The van der Waals surface area contributed by atoms with Crippen LogP contribution < -0.4 is 14.4 Å². The van der Waals surface area contributed by atoms with E-state index in [0.29, 0.717) is 17.9 Å². The van der Waals surface area contributed by atoms with Crippen LogP contribution in [0, 0.1) is 0 Å². The van der Waals surface area contributed by atoms with Crippen molar-refractivity contribution in [1.82, 2.24) is 10.2 Å². The van der Waals surface area contributed by atoms with Gasteiger partial charge in [-0.25, -0.2) is 8.42 Å². The molecule has 0 heterocycles. The smallest absolute Gasteiger partial charge is 0.244 e. The molecule has 2 amide bonds. The second-order valence-corrected chi connectivity index (χ2v) is 10.2. The van der Waals surface area contributed by atoms with Crippen molar-refractivity contribution < 1.29 is 22.7 Å². The van der Waals surface area contributed by atoms with Crippen LogP contribution in [0.5, 0.6) is 5.75 Å². The highest BCUT2D eigenvalue weighted by Gasteiger charge is 2.30. The number of benzene rings is 2. The quantitative estimate of drug-likeness (QED) is 0.495. The molecule has 0 spiro atoms. The number of anilines is 1. The Morgan fingerprint density at radius 3 is 2.32 bits per heavy atom. The molecule has 2 aromatic carbocycles. The number of hydrogen-bond donors (Lipinski definition) is 1. The summed E-state index contributed by atoms with van der Waals surface area (Å²) in [5.74, 6) is -0.264. The van der Waals surface area contributed by atoms with E-state index in [2.05, 4.69) is 5.32 Å². The zero-order valence-electron chi connectivity index (χ0n) is 20.5. The lowest BCUT2D eigenvalue weighted by atomic mass is 10.1. The SMILES string of the molecule is CC[C@@H](C)NC(=O)[C@H](C)N(CCc1ccccc1)C(=O)CN(c1cccc(OC)c1)S(C)(=O)=O. The third-order valence-corrected chi connectivity index (χ3v) is 6.81. The summed E-state index contributed by atoms with van der Waals surface area (Å²) >= 11 is 0. The predicted molar refractivity (Wildman–Crippen MR) is 134 cm³/mol.